The van der Waals surface area contributed by atoms with Gasteiger partial charge in [-0.05, 0) is 31.2 Å². The Balaban J connectivity index is 2.11. The molecular formula is C17H12Cl3NO4. The first kappa shape index (κ1) is 19.2. The van der Waals surface area contributed by atoms with Crippen LogP contribution in [0.4, 0.5) is 0 Å². The van der Waals surface area contributed by atoms with Crippen molar-refractivity contribution in [3.63, 3.8) is 0 Å². The lowest BCUT2D eigenvalue weighted by Crippen LogP contribution is -2.18. The van der Waals surface area contributed by atoms with Gasteiger partial charge in [-0.3, -0.25) is 0 Å². The first-order valence-electron chi connectivity index (χ1n) is 7.09. The molecule has 0 heterocycles. The maximum atomic E-state index is 12.0. The monoisotopic (exact) mass is 399 g/mol. The van der Waals surface area contributed by atoms with Crippen LogP contribution < -0.4 is 14.2 Å². The van der Waals surface area contributed by atoms with Gasteiger partial charge in [0.25, 0.3) is 0 Å². The van der Waals surface area contributed by atoms with Gasteiger partial charge in [0.2, 0.25) is 0 Å². The van der Waals surface area contributed by atoms with Crippen molar-refractivity contribution in [2.45, 2.75) is 6.92 Å². The van der Waals surface area contributed by atoms with Gasteiger partial charge in [0.15, 0.2) is 18.1 Å². The molecule has 0 spiro atoms. The summed E-state index contributed by atoms with van der Waals surface area (Å²) in [6, 6.07) is 9.38. The number of nitriles is 1. The standard InChI is InChI=1S/C17H12Cl3NO4/c1-2-23-15-6-10(8-21)5-13(20)17(15)25-16(22)9-24-14-4-3-11(18)7-12(14)19/h3-7H,2,9H2,1H3. The maximum Gasteiger partial charge on any atom is 0.349 e. The third-order valence-electron chi connectivity index (χ3n) is 2.89. The minimum absolute atomic E-state index is 0.0262. The zero-order valence-corrected chi connectivity index (χ0v) is 15.3. The fraction of sp³-hybridized carbons (Fsp3) is 0.176. The maximum absolute atomic E-state index is 12.0. The molecule has 2 rings (SSSR count). The highest BCUT2D eigenvalue weighted by atomic mass is 35.5. The van der Waals surface area contributed by atoms with Crippen molar-refractivity contribution in [3.05, 3.63) is 51.0 Å². The van der Waals surface area contributed by atoms with Crippen LogP contribution in [0.15, 0.2) is 30.3 Å². The molecule has 0 aromatic heterocycles. The molecule has 0 amide bonds. The van der Waals surface area contributed by atoms with E-state index in [1.165, 1.54) is 24.3 Å². The second-order valence-electron chi connectivity index (χ2n) is 4.67. The van der Waals surface area contributed by atoms with Gasteiger partial charge in [-0.15, -0.1) is 0 Å². The van der Waals surface area contributed by atoms with Crippen LogP contribution in [-0.2, 0) is 4.79 Å². The molecular weight excluding hydrogens is 389 g/mol. The Hall–Kier alpha value is -2.13. The number of carbonyl (C=O) groups is 1. The Morgan fingerprint density at radius 2 is 1.84 bits per heavy atom. The molecule has 8 heteroatoms. The van der Waals surface area contributed by atoms with Gasteiger partial charge < -0.3 is 14.2 Å². The van der Waals surface area contributed by atoms with Gasteiger partial charge in [0.1, 0.15) is 5.75 Å². The minimum atomic E-state index is -0.710. The summed E-state index contributed by atoms with van der Waals surface area (Å²) >= 11 is 17.8. The number of halogens is 3. The Kier molecular flexibility index (Phi) is 6.77. The van der Waals surface area contributed by atoms with Crippen LogP contribution in [0.1, 0.15) is 12.5 Å². The van der Waals surface area contributed by atoms with E-state index in [9.17, 15) is 4.79 Å². The summed E-state index contributed by atoms with van der Waals surface area (Å²) in [7, 11) is 0. The average Bonchev–Trinajstić information content (AvgIpc) is 2.57. The number of ether oxygens (including phenoxy) is 3. The quantitative estimate of drug-likeness (QED) is 0.509. The van der Waals surface area contributed by atoms with E-state index in [4.69, 9.17) is 54.3 Å². The van der Waals surface area contributed by atoms with Gasteiger partial charge in [0.05, 0.1) is 28.3 Å². The van der Waals surface area contributed by atoms with Crippen LogP contribution in [0, 0.1) is 11.3 Å². The highest BCUT2D eigenvalue weighted by Crippen LogP contribution is 2.36. The zero-order valence-electron chi connectivity index (χ0n) is 13.0. The van der Waals surface area contributed by atoms with E-state index in [1.54, 1.807) is 13.0 Å². The Bertz CT molecular complexity index is 833. The summed E-state index contributed by atoms with van der Waals surface area (Å²) < 4.78 is 15.9. The lowest BCUT2D eigenvalue weighted by atomic mass is 10.2. The van der Waals surface area contributed by atoms with E-state index in [-0.39, 0.29) is 27.1 Å². The molecule has 0 unspecified atom stereocenters. The average molecular weight is 401 g/mol. The highest BCUT2D eigenvalue weighted by molar-refractivity contribution is 6.35. The predicted molar refractivity (Wildman–Crippen MR) is 94.9 cm³/mol. The summed E-state index contributed by atoms with van der Waals surface area (Å²) in [5, 5.41) is 9.77. The summed E-state index contributed by atoms with van der Waals surface area (Å²) in [5.41, 5.74) is 0.289. The third-order valence-corrected chi connectivity index (χ3v) is 3.71. The molecule has 130 valence electrons. The minimum Gasteiger partial charge on any atom is -0.490 e. The smallest absolute Gasteiger partial charge is 0.349 e. The summed E-state index contributed by atoms with van der Waals surface area (Å²) in [4.78, 5) is 12.0. The van der Waals surface area contributed by atoms with E-state index in [0.717, 1.165) is 0 Å². The number of rotatable bonds is 6. The first-order chi connectivity index (χ1) is 11.9. The molecule has 5 nitrogen and oxygen atoms in total. The molecule has 0 fully saturated rings. The molecule has 0 saturated carbocycles. The lowest BCUT2D eigenvalue weighted by Gasteiger charge is -2.13. The Labute approximate surface area is 159 Å². The number of hydrogen-bond acceptors (Lipinski definition) is 5. The Morgan fingerprint density at radius 1 is 1.08 bits per heavy atom. The molecule has 0 atom stereocenters. The molecule has 0 N–H and O–H groups in total. The lowest BCUT2D eigenvalue weighted by molar-refractivity contribution is -0.136. The van der Waals surface area contributed by atoms with Gasteiger partial charge in [0, 0.05) is 11.1 Å². The van der Waals surface area contributed by atoms with Gasteiger partial charge in [-0.1, -0.05) is 34.8 Å². The molecule has 0 bridgehead atoms. The second-order valence-corrected chi connectivity index (χ2v) is 5.92. The normalized spacial score (nSPS) is 10.0. The Morgan fingerprint density at radius 3 is 2.48 bits per heavy atom. The van der Waals surface area contributed by atoms with Crippen LogP contribution in [-0.4, -0.2) is 19.2 Å². The van der Waals surface area contributed by atoms with Crippen molar-refractivity contribution in [1.29, 1.82) is 5.26 Å². The fourth-order valence-corrected chi connectivity index (χ4v) is 2.58. The van der Waals surface area contributed by atoms with Crippen molar-refractivity contribution < 1.29 is 19.0 Å². The van der Waals surface area contributed by atoms with Crippen molar-refractivity contribution >= 4 is 40.8 Å². The van der Waals surface area contributed by atoms with Crippen LogP contribution in [0.2, 0.25) is 15.1 Å². The molecule has 0 aliphatic carbocycles. The fourth-order valence-electron chi connectivity index (χ4n) is 1.87. The van der Waals surface area contributed by atoms with Crippen molar-refractivity contribution in [3.8, 4) is 23.3 Å². The predicted octanol–water partition coefficient (Wildman–Crippen LogP) is 4.90. The SMILES string of the molecule is CCOc1cc(C#N)cc(Cl)c1OC(=O)COc1ccc(Cl)cc1Cl. The third kappa shape index (κ3) is 5.17. The van der Waals surface area contributed by atoms with Gasteiger partial charge in [-0.25, -0.2) is 4.79 Å². The van der Waals surface area contributed by atoms with Crippen LogP contribution in [0.5, 0.6) is 17.2 Å². The van der Waals surface area contributed by atoms with Gasteiger partial charge >= 0.3 is 5.97 Å². The molecule has 2 aromatic rings. The topological polar surface area (TPSA) is 68.5 Å². The summed E-state index contributed by atoms with van der Waals surface area (Å²) in [5.74, 6) is -0.194. The molecule has 25 heavy (non-hydrogen) atoms. The molecule has 2 aromatic carbocycles. The van der Waals surface area contributed by atoms with E-state index < -0.39 is 12.6 Å². The number of esters is 1. The van der Waals surface area contributed by atoms with E-state index in [1.807, 2.05) is 6.07 Å². The van der Waals surface area contributed by atoms with Crippen LogP contribution in [0.25, 0.3) is 0 Å². The number of benzene rings is 2. The van der Waals surface area contributed by atoms with Crippen molar-refractivity contribution in [2.24, 2.45) is 0 Å². The highest BCUT2D eigenvalue weighted by Gasteiger charge is 2.17. The molecule has 0 radical (unpaired) electrons. The summed E-state index contributed by atoms with van der Waals surface area (Å²) in [6.07, 6.45) is 0. The molecule has 0 aliphatic heterocycles. The molecule has 0 aliphatic rings. The van der Waals surface area contributed by atoms with Crippen molar-refractivity contribution in [1.82, 2.24) is 0 Å². The summed E-state index contributed by atoms with van der Waals surface area (Å²) in [6.45, 7) is 1.67. The van der Waals surface area contributed by atoms with E-state index >= 15 is 0 Å². The number of carbonyl (C=O) groups excluding carboxylic acids is 1. The molecule has 0 saturated heterocycles. The largest absolute Gasteiger partial charge is 0.490 e. The van der Waals surface area contributed by atoms with Crippen LogP contribution >= 0.6 is 34.8 Å². The van der Waals surface area contributed by atoms with Crippen LogP contribution in [0.3, 0.4) is 0 Å². The number of nitrogens with zero attached hydrogens (tertiary/aromatic N) is 1. The zero-order chi connectivity index (χ0) is 18.4. The van der Waals surface area contributed by atoms with E-state index in [2.05, 4.69) is 0 Å². The second kappa shape index (κ2) is 8.82. The first-order valence-corrected chi connectivity index (χ1v) is 8.23. The van der Waals surface area contributed by atoms with Gasteiger partial charge in [-0.2, -0.15) is 5.26 Å². The van der Waals surface area contributed by atoms with E-state index in [0.29, 0.717) is 17.4 Å². The van der Waals surface area contributed by atoms with Crippen molar-refractivity contribution in [2.75, 3.05) is 13.2 Å². The number of hydrogen-bond donors (Lipinski definition) is 0.